The van der Waals surface area contributed by atoms with Gasteiger partial charge in [0.05, 0.1) is 0 Å². The molecular weight excluding hydrogens is 289 g/mol. The smallest absolute Gasteiger partial charge is 0.253 e. The number of aryl methyl sites for hydroxylation is 1. The molecule has 1 amide bonds. The predicted molar refractivity (Wildman–Crippen MR) is 66.5 cm³/mol. The SMILES string of the molecule is CCN(C)C(=O)c1ccc(C)c(I)c1. The fourth-order valence-electron chi connectivity index (χ4n) is 1.09. The van der Waals surface area contributed by atoms with Crippen LogP contribution in [-0.4, -0.2) is 24.4 Å². The molecule has 0 saturated carbocycles. The normalized spacial score (nSPS) is 10.0. The topological polar surface area (TPSA) is 20.3 Å². The van der Waals surface area contributed by atoms with E-state index in [9.17, 15) is 4.79 Å². The van der Waals surface area contributed by atoms with Crippen LogP contribution in [0.15, 0.2) is 18.2 Å². The molecule has 1 aromatic carbocycles. The molecule has 0 atom stereocenters. The highest BCUT2D eigenvalue weighted by molar-refractivity contribution is 14.1. The van der Waals surface area contributed by atoms with Gasteiger partial charge in [0.15, 0.2) is 0 Å². The molecule has 0 spiro atoms. The standard InChI is InChI=1S/C11H14INO/c1-4-13(3)11(14)9-6-5-8(2)10(12)7-9/h5-7H,4H2,1-3H3. The number of halogens is 1. The molecule has 2 nitrogen and oxygen atoms in total. The molecule has 0 aliphatic carbocycles. The Labute approximate surface area is 98.4 Å². The predicted octanol–water partition coefficient (Wildman–Crippen LogP) is 2.69. The number of hydrogen-bond acceptors (Lipinski definition) is 1. The average Bonchev–Trinajstić information content (AvgIpc) is 2.20. The molecular formula is C11H14INO. The van der Waals surface area contributed by atoms with Gasteiger partial charge in [-0.05, 0) is 54.1 Å². The van der Waals surface area contributed by atoms with Crippen molar-refractivity contribution in [1.29, 1.82) is 0 Å². The highest BCUT2D eigenvalue weighted by Gasteiger charge is 2.10. The highest BCUT2D eigenvalue weighted by atomic mass is 127. The third-order valence-electron chi connectivity index (χ3n) is 2.24. The molecule has 0 saturated heterocycles. The zero-order chi connectivity index (χ0) is 10.7. The van der Waals surface area contributed by atoms with Gasteiger partial charge in [0.25, 0.3) is 5.91 Å². The minimum Gasteiger partial charge on any atom is -0.342 e. The number of amides is 1. The summed E-state index contributed by atoms with van der Waals surface area (Å²) in [7, 11) is 1.81. The number of rotatable bonds is 2. The van der Waals surface area contributed by atoms with Gasteiger partial charge in [0.2, 0.25) is 0 Å². The summed E-state index contributed by atoms with van der Waals surface area (Å²) in [5, 5.41) is 0. The molecule has 3 heteroatoms. The van der Waals surface area contributed by atoms with Crippen LogP contribution in [0.3, 0.4) is 0 Å². The van der Waals surface area contributed by atoms with E-state index in [0.717, 1.165) is 15.7 Å². The van der Waals surface area contributed by atoms with Crippen LogP contribution in [0.5, 0.6) is 0 Å². The first-order chi connectivity index (χ1) is 6.56. The summed E-state index contributed by atoms with van der Waals surface area (Å²) in [6.07, 6.45) is 0. The molecule has 1 rings (SSSR count). The molecule has 0 radical (unpaired) electrons. The van der Waals surface area contributed by atoms with Crippen LogP contribution in [0.25, 0.3) is 0 Å². The van der Waals surface area contributed by atoms with E-state index in [-0.39, 0.29) is 5.91 Å². The van der Waals surface area contributed by atoms with Crippen molar-refractivity contribution in [2.75, 3.05) is 13.6 Å². The molecule has 0 aliphatic rings. The summed E-state index contributed by atoms with van der Waals surface area (Å²) >= 11 is 2.25. The number of nitrogens with zero attached hydrogens (tertiary/aromatic N) is 1. The van der Waals surface area contributed by atoms with Gasteiger partial charge in [0, 0.05) is 22.7 Å². The first kappa shape index (κ1) is 11.5. The minimum atomic E-state index is 0.0883. The van der Waals surface area contributed by atoms with E-state index in [1.165, 1.54) is 5.56 Å². The van der Waals surface area contributed by atoms with Crippen molar-refractivity contribution in [3.63, 3.8) is 0 Å². The Bertz CT molecular complexity index is 349. The van der Waals surface area contributed by atoms with Crippen molar-refractivity contribution in [2.45, 2.75) is 13.8 Å². The third kappa shape index (κ3) is 2.47. The molecule has 0 fully saturated rings. The van der Waals surface area contributed by atoms with E-state index in [1.807, 2.05) is 39.1 Å². The first-order valence-electron chi connectivity index (χ1n) is 4.58. The maximum Gasteiger partial charge on any atom is 0.253 e. The maximum atomic E-state index is 11.8. The van der Waals surface area contributed by atoms with Gasteiger partial charge in [0.1, 0.15) is 0 Å². The van der Waals surface area contributed by atoms with Crippen LogP contribution in [0.1, 0.15) is 22.8 Å². The van der Waals surface area contributed by atoms with Gasteiger partial charge < -0.3 is 4.90 Å². The summed E-state index contributed by atoms with van der Waals surface area (Å²) in [4.78, 5) is 13.5. The Morgan fingerprint density at radius 1 is 1.50 bits per heavy atom. The van der Waals surface area contributed by atoms with Crippen molar-refractivity contribution in [2.24, 2.45) is 0 Å². The largest absolute Gasteiger partial charge is 0.342 e. The Kier molecular flexibility index (Phi) is 3.92. The van der Waals surface area contributed by atoms with Gasteiger partial charge >= 0.3 is 0 Å². The lowest BCUT2D eigenvalue weighted by atomic mass is 10.1. The number of benzene rings is 1. The molecule has 0 heterocycles. The van der Waals surface area contributed by atoms with Crippen molar-refractivity contribution >= 4 is 28.5 Å². The molecule has 1 aromatic rings. The Hall–Kier alpha value is -0.580. The lowest BCUT2D eigenvalue weighted by molar-refractivity contribution is 0.0802. The lowest BCUT2D eigenvalue weighted by Crippen LogP contribution is -2.26. The molecule has 0 unspecified atom stereocenters. The van der Waals surface area contributed by atoms with Gasteiger partial charge in [-0.1, -0.05) is 6.07 Å². The lowest BCUT2D eigenvalue weighted by Gasteiger charge is -2.14. The highest BCUT2D eigenvalue weighted by Crippen LogP contribution is 2.14. The van der Waals surface area contributed by atoms with E-state index in [0.29, 0.717) is 0 Å². The Morgan fingerprint density at radius 2 is 2.14 bits per heavy atom. The van der Waals surface area contributed by atoms with Crippen LogP contribution < -0.4 is 0 Å². The van der Waals surface area contributed by atoms with E-state index in [1.54, 1.807) is 4.90 Å². The van der Waals surface area contributed by atoms with Gasteiger partial charge in [-0.15, -0.1) is 0 Å². The van der Waals surface area contributed by atoms with Crippen molar-refractivity contribution in [1.82, 2.24) is 4.90 Å². The fraction of sp³-hybridized carbons (Fsp3) is 0.364. The minimum absolute atomic E-state index is 0.0883. The third-order valence-corrected chi connectivity index (χ3v) is 3.40. The van der Waals surface area contributed by atoms with Crippen LogP contribution in [0, 0.1) is 10.5 Å². The second kappa shape index (κ2) is 4.77. The molecule has 0 bridgehead atoms. The van der Waals surface area contributed by atoms with Gasteiger partial charge in [-0.3, -0.25) is 4.79 Å². The second-order valence-corrected chi connectivity index (χ2v) is 4.45. The first-order valence-corrected chi connectivity index (χ1v) is 5.65. The Balaban J connectivity index is 2.97. The fourth-order valence-corrected chi connectivity index (χ4v) is 1.61. The van der Waals surface area contributed by atoms with Crippen molar-refractivity contribution in [3.05, 3.63) is 32.9 Å². The van der Waals surface area contributed by atoms with Crippen molar-refractivity contribution in [3.8, 4) is 0 Å². The quantitative estimate of drug-likeness (QED) is 0.769. The molecule has 14 heavy (non-hydrogen) atoms. The van der Waals surface area contributed by atoms with E-state index in [4.69, 9.17) is 0 Å². The summed E-state index contributed by atoms with van der Waals surface area (Å²) in [6.45, 7) is 4.75. The second-order valence-electron chi connectivity index (χ2n) is 3.28. The number of carbonyl (C=O) groups is 1. The maximum absolute atomic E-state index is 11.8. The zero-order valence-corrected chi connectivity index (χ0v) is 10.8. The summed E-state index contributed by atoms with van der Waals surface area (Å²) in [5.74, 6) is 0.0883. The Morgan fingerprint density at radius 3 is 2.64 bits per heavy atom. The van der Waals surface area contributed by atoms with Crippen LogP contribution in [-0.2, 0) is 0 Å². The van der Waals surface area contributed by atoms with Gasteiger partial charge in [-0.2, -0.15) is 0 Å². The van der Waals surface area contributed by atoms with E-state index >= 15 is 0 Å². The van der Waals surface area contributed by atoms with Crippen molar-refractivity contribution < 1.29 is 4.79 Å². The zero-order valence-electron chi connectivity index (χ0n) is 8.67. The summed E-state index contributed by atoms with van der Waals surface area (Å²) in [6, 6.07) is 5.80. The van der Waals surface area contributed by atoms with Crippen LogP contribution in [0.4, 0.5) is 0 Å². The molecule has 0 N–H and O–H groups in total. The summed E-state index contributed by atoms with van der Waals surface area (Å²) in [5.41, 5.74) is 1.98. The number of carbonyl (C=O) groups excluding carboxylic acids is 1. The number of hydrogen-bond donors (Lipinski definition) is 0. The summed E-state index contributed by atoms with van der Waals surface area (Å²) < 4.78 is 1.14. The van der Waals surface area contributed by atoms with Crippen LogP contribution in [0.2, 0.25) is 0 Å². The van der Waals surface area contributed by atoms with E-state index < -0.39 is 0 Å². The monoisotopic (exact) mass is 303 g/mol. The molecule has 0 aliphatic heterocycles. The van der Waals surface area contributed by atoms with E-state index in [2.05, 4.69) is 22.6 Å². The molecule has 0 aromatic heterocycles. The van der Waals surface area contributed by atoms with Crippen LogP contribution >= 0.6 is 22.6 Å². The van der Waals surface area contributed by atoms with Gasteiger partial charge in [-0.25, -0.2) is 0 Å². The average molecular weight is 303 g/mol. The molecule has 76 valence electrons.